The first kappa shape index (κ1) is 29.9. The second-order valence-corrected chi connectivity index (χ2v) is 9.96. The highest BCUT2D eigenvalue weighted by molar-refractivity contribution is 5.96. The number of carboxylic acid groups (broad SMARTS) is 1. The van der Waals surface area contributed by atoms with Crippen LogP contribution < -0.4 is 5.32 Å². The number of rotatable bonds is 10. The van der Waals surface area contributed by atoms with Crippen molar-refractivity contribution in [3.05, 3.63) is 47.8 Å². The molecule has 0 radical (unpaired) electrons. The number of carbonyl (C=O) groups excluding carboxylic acids is 3. The highest BCUT2D eigenvalue weighted by Crippen LogP contribution is 2.34. The van der Waals surface area contributed by atoms with Gasteiger partial charge in [-0.1, -0.05) is 36.8 Å². The zero-order valence-electron chi connectivity index (χ0n) is 22.9. The smallest absolute Gasteiger partial charge is 0.481 e. The third-order valence-electron chi connectivity index (χ3n) is 7.14. The summed E-state index contributed by atoms with van der Waals surface area (Å²) >= 11 is 0. The molecule has 0 spiro atoms. The molecule has 2 heterocycles. The van der Waals surface area contributed by atoms with Gasteiger partial charge < -0.3 is 30.0 Å². The van der Waals surface area contributed by atoms with Crippen molar-refractivity contribution in [3.63, 3.8) is 0 Å². The quantitative estimate of drug-likeness (QED) is 0.357. The fraction of sp³-hybridized carbons (Fsp3) is 0.500. The van der Waals surface area contributed by atoms with Gasteiger partial charge in [0.15, 0.2) is 5.82 Å². The van der Waals surface area contributed by atoms with Crippen molar-refractivity contribution in [1.29, 1.82) is 0 Å². The van der Waals surface area contributed by atoms with E-state index in [1.807, 2.05) is 30.3 Å². The van der Waals surface area contributed by atoms with E-state index in [0.717, 1.165) is 12.8 Å². The molecule has 4 rings (SSSR count). The number of aliphatic hydroxyl groups is 1. The maximum atomic E-state index is 13.5. The minimum atomic E-state index is -1.12. The van der Waals surface area contributed by atoms with Crippen LogP contribution in [-0.4, -0.2) is 99.0 Å². The van der Waals surface area contributed by atoms with Gasteiger partial charge in [-0.05, 0) is 32.3 Å². The summed E-state index contributed by atoms with van der Waals surface area (Å²) in [5.41, 5.74) is 1.26. The lowest BCUT2D eigenvalue weighted by atomic mass is 10.00. The topological polar surface area (TPSA) is 171 Å². The summed E-state index contributed by atoms with van der Waals surface area (Å²) in [7, 11) is 0. The molecule has 1 aromatic heterocycles. The van der Waals surface area contributed by atoms with Gasteiger partial charge >= 0.3 is 12.1 Å². The van der Waals surface area contributed by atoms with E-state index >= 15 is 0 Å². The molecule has 13 nitrogen and oxygen atoms in total. The van der Waals surface area contributed by atoms with E-state index in [0.29, 0.717) is 23.5 Å². The van der Waals surface area contributed by atoms with Crippen LogP contribution in [0.15, 0.2) is 36.4 Å². The Kier molecular flexibility index (Phi) is 10.2. The number of aliphatic hydroxyl groups excluding tert-OH is 1. The first-order chi connectivity index (χ1) is 19.7. The molecule has 1 aliphatic heterocycles. The van der Waals surface area contributed by atoms with Crippen LogP contribution in [0.1, 0.15) is 61.1 Å². The van der Waals surface area contributed by atoms with Crippen LogP contribution in [0.3, 0.4) is 0 Å². The number of nitrogens with one attached hydrogen (secondary N) is 1. The van der Waals surface area contributed by atoms with E-state index in [2.05, 4.69) is 15.3 Å². The summed E-state index contributed by atoms with van der Waals surface area (Å²) < 4.78 is 4.77. The highest BCUT2D eigenvalue weighted by Gasteiger charge is 2.32. The van der Waals surface area contributed by atoms with E-state index in [9.17, 15) is 29.4 Å². The zero-order chi connectivity index (χ0) is 29.4. The summed E-state index contributed by atoms with van der Waals surface area (Å²) in [6.45, 7) is 2.68. The van der Waals surface area contributed by atoms with Crippen LogP contribution in [0.25, 0.3) is 11.4 Å². The number of hydroxylamine groups is 2. The predicted octanol–water partition coefficient (Wildman–Crippen LogP) is 1.97. The molecule has 2 fully saturated rings. The summed E-state index contributed by atoms with van der Waals surface area (Å²) in [5.74, 6) is -2.12. The normalized spacial score (nSPS) is 19.8. The number of aromatic nitrogens is 2. The van der Waals surface area contributed by atoms with Gasteiger partial charge in [0.25, 0.3) is 5.91 Å². The fourth-order valence-electron chi connectivity index (χ4n) is 5.00. The standard InChI is InChI=1S/C28H35N5O8/c1-2-40-28(39)41-33-15-13-32(14-16-33)27(38)20(11-12-24(35)36)31-26(37)22-17-21(19-9-6-10-23(19)34)29-25(30-22)18-7-4-3-5-8-18/h3-5,7-8,17,19-20,23,34H,2,6,9-16H2,1H3,(H,31,37)(H,35,36)/t19?,20?,23-/m0/s1. The van der Waals surface area contributed by atoms with Gasteiger partial charge in [0.2, 0.25) is 5.91 Å². The molecule has 2 aromatic rings. The second kappa shape index (κ2) is 14.0. The number of carboxylic acids is 1. The van der Waals surface area contributed by atoms with E-state index < -0.39 is 36.1 Å². The molecule has 41 heavy (non-hydrogen) atoms. The van der Waals surface area contributed by atoms with E-state index in [1.165, 1.54) is 16.0 Å². The van der Waals surface area contributed by atoms with E-state index in [-0.39, 0.29) is 57.2 Å². The minimum absolute atomic E-state index is 0.0220. The van der Waals surface area contributed by atoms with Crippen LogP contribution in [0.5, 0.6) is 0 Å². The van der Waals surface area contributed by atoms with Gasteiger partial charge in [0.1, 0.15) is 11.7 Å². The third kappa shape index (κ3) is 7.98. The molecule has 3 N–H and O–H groups in total. The molecule has 1 aromatic carbocycles. The van der Waals surface area contributed by atoms with Gasteiger partial charge in [-0.3, -0.25) is 14.4 Å². The minimum Gasteiger partial charge on any atom is -0.481 e. The molecule has 1 aliphatic carbocycles. The summed E-state index contributed by atoms with van der Waals surface area (Å²) in [4.78, 5) is 65.5. The lowest BCUT2D eigenvalue weighted by Gasteiger charge is -2.35. The van der Waals surface area contributed by atoms with Crippen LogP contribution in [-0.2, 0) is 19.2 Å². The summed E-state index contributed by atoms with van der Waals surface area (Å²) in [6.07, 6.45) is 0.330. The van der Waals surface area contributed by atoms with Crippen molar-refractivity contribution < 1.29 is 39.0 Å². The first-order valence-corrected chi connectivity index (χ1v) is 13.8. The van der Waals surface area contributed by atoms with Crippen LogP contribution in [0.4, 0.5) is 4.79 Å². The maximum Gasteiger partial charge on any atom is 0.527 e. The zero-order valence-corrected chi connectivity index (χ0v) is 22.9. The molecule has 220 valence electrons. The Morgan fingerprint density at radius 3 is 2.44 bits per heavy atom. The number of hydrogen-bond donors (Lipinski definition) is 3. The molecular formula is C28H35N5O8. The van der Waals surface area contributed by atoms with Crippen molar-refractivity contribution in [3.8, 4) is 11.4 Å². The highest BCUT2D eigenvalue weighted by atomic mass is 16.8. The largest absolute Gasteiger partial charge is 0.527 e. The van der Waals surface area contributed by atoms with Crippen LogP contribution >= 0.6 is 0 Å². The molecule has 2 aliphatic rings. The van der Waals surface area contributed by atoms with Crippen molar-refractivity contribution in [2.75, 3.05) is 32.8 Å². The Balaban J connectivity index is 1.52. The Morgan fingerprint density at radius 2 is 1.80 bits per heavy atom. The SMILES string of the molecule is CCOC(=O)ON1CCN(C(=O)C(CCC(=O)O)NC(=O)c2cc(C3CCC[C@@H]3O)nc(-c3ccccc3)n2)CC1. The maximum absolute atomic E-state index is 13.5. The summed E-state index contributed by atoms with van der Waals surface area (Å²) in [5, 5.41) is 23.8. The lowest BCUT2D eigenvalue weighted by Crippen LogP contribution is -2.55. The van der Waals surface area contributed by atoms with E-state index in [4.69, 9.17) is 9.57 Å². The van der Waals surface area contributed by atoms with Crippen LogP contribution in [0, 0.1) is 0 Å². The third-order valence-corrected chi connectivity index (χ3v) is 7.14. The van der Waals surface area contributed by atoms with Crippen molar-refractivity contribution >= 4 is 23.9 Å². The van der Waals surface area contributed by atoms with E-state index in [1.54, 1.807) is 6.92 Å². The molecule has 1 saturated carbocycles. The molecule has 2 unspecified atom stereocenters. The first-order valence-electron chi connectivity index (χ1n) is 13.8. The Bertz CT molecular complexity index is 1240. The number of nitrogens with zero attached hydrogens (tertiary/aromatic N) is 4. The Morgan fingerprint density at radius 1 is 1.07 bits per heavy atom. The number of aliphatic carboxylic acids is 1. The molecule has 13 heteroatoms. The number of benzene rings is 1. The molecule has 1 saturated heterocycles. The number of carbonyl (C=O) groups is 4. The van der Waals surface area contributed by atoms with Gasteiger partial charge in [0.05, 0.1) is 31.5 Å². The number of amides is 2. The average molecular weight is 570 g/mol. The van der Waals surface area contributed by atoms with Crippen molar-refractivity contribution in [2.45, 2.75) is 57.1 Å². The predicted molar refractivity (Wildman–Crippen MR) is 144 cm³/mol. The average Bonchev–Trinajstić information content (AvgIpc) is 3.41. The lowest BCUT2D eigenvalue weighted by molar-refractivity contribution is -0.157. The number of hydrogen-bond acceptors (Lipinski definition) is 10. The summed E-state index contributed by atoms with van der Waals surface area (Å²) in [6, 6.07) is 9.55. The number of piperazine rings is 1. The second-order valence-electron chi connectivity index (χ2n) is 9.96. The fourth-order valence-corrected chi connectivity index (χ4v) is 5.00. The Hall–Kier alpha value is -4.10. The van der Waals surface area contributed by atoms with Gasteiger partial charge in [0, 0.05) is 31.0 Å². The van der Waals surface area contributed by atoms with Gasteiger partial charge in [-0.25, -0.2) is 14.8 Å². The van der Waals surface area contributed by atoms with Gasteiger partial charge in [-0.2, -0.15) is 0 Å². The van der Waals surface area contributed by atoms with Crippen LogP contribution in [0.2, 0.25) is 0 Å². The molecular weight excluding hydrogens is 534 g/mol. The monoisotopic (exact) mass is 569 g/mol. The van der Waals surface area contributed by atoms with Gasteiger partial charge in [-0.15, -0.1) is 5.06 Å². The molecule has 2 amide bonds. The molecule has 0 bridgehead atoms. The Labute approximate surface area is 237 Å². The van der Waals surface area contributed by atoms with Crippen molar-refractivity contribution in [1.82, 2.24) is 25.2 Å². The number of ether oxygens (including phenoxy) is 1. The van der Waals surface area contributed by atoms with Crippen molar-refractivity contribution in [2.24, 2.45) is 0 Å². The molecule has 3 atom stereocenters.